The molecule has 1 aliphatic rings. The highest BCUT2D eigenvalue weighted by atomic mass is 32.2. The van der Waals surface area contributed by atoms with Gasteiger partial charge >= 0.3 is 0 Å². The number of benzene rings is 1. The van der Waals surface area contributed by atoms with E-state index >= 15 is 0 Å². The average Bonchev–Trinajstić information content (AvgIpc) is 2.54. The van der Waals surface area contributed by atoms with Crippen molar-refractivity contribution in [3.63, 3.8) is 0 Å². The summed E-state index contributed by atoms with van der Waals surface area (Å²) in [5.74, 6) is 1.20. The van der Waals surface area contributed by atoms with Gasteiger partial charge in [0, 0.05) is 13.1 Å². The molecule has 1 fully saturated rings. The number of hydrogen-bond donors (Lipinski definition) is 0. The van der Waals surface area contributed by atoms with Crippen molar-refractivity contribution in [2.45, 2.75) is 38.4 Å². The number of methoxy groups -OCH3 is 1. The molecule has 0 atom stereocenters. The van der Waals surface area contributed by atoms with Gasteiger partial charge in [-0.2, -0.15) is 0 Å². The number of piperidine rings is 1. The van der Waals surface area contributed by atoms with E-state index in [-0.39, 0.29) is 22.8 Å². The third kappa shape index (κ3) is 4.97. The van der Waals surface area contributed by atoms with Crippen molar-refractivity contribution in [2.24, 2.45) is 5.92 Å². The largest absolute Gasteiger partial charge is 0.497 e. The second-order valence-electron chi connectivity index (χ2n) is 6.83. The van der Waals surface area contributed by atoms with Crippen molar-refractivity contribution in [3.8, 4) is 5.75 Å². The minimum absolute atomic E-state index is 0.0554. The summed E-state index contributed by atoms with van der Waals surface area (Å²) < 4.78 is 29.7. The highest BCUT2D eigenvalue weighted by Crippen LogP contribution is 2.21. The van der Waals surface area contributed by atoms with Crippen LogP contribution in [0.4, 0.5) is 0 Å². The highest BCUT2D eigenvalue weighted by molar-refractivity contribution is 7.92. The van der Waals surface area contributed by atoms with Crippen LogP contribution in [0.25, 0.3) is 0 Å². The zero-order chi connectivity index (χ0) is 17.7. The Morgan fingerprint density at radius 3 is 2.29 bits per heavy atom. The summed E-state index contributed by atoms with van der Waals surface area (Å²) in [5.41, 5.74) is 0.940. The first-order valence-electron chi connectivity index (χ1n) is 8.44. The maximum absolute atomic E-state index is 12.4. The van der Waals surface area contributed by atoms with Crippen LogP contribution in [0.1, 0.15) is 32.3 Å². The van der Waals surface area contributed by atoms with Gasteiger partial charge in [0.05, 0.1) is 24.5 Å². The Labute approximate surface area is 144 Å². The Kier molecular flexibility index (Phi) is 6.27. The van der Waals surface area contributed by atoms with Crippen LogP contribution < -0.4 is 4.74 Å². The molecule has 1 saturated heterocycles. The second-order valence-corrected chi connectivity index (χ2v) is 9.15. The molecule has 1 heterocycles. The molecule has 2 rings (SSSR count). The topological polar surface area (TPSA) is 63.7 Å². The highest BCUT2D eigenvalue weighted by Gasteiger charge is 2.31. The van der Waals surface area contributed by atoms with E-state index in [9.17, 15) is 13.2 Å². The summed E-state index contributed by atoms with van der Waals surface area (Å²) in [7, 11) is -1.44. The lowest BCUT2D eigenvalue weighted by molar-refractivity contribution is -0.131. The van der Waals surface area contributed by atoms with Crippen molar-refractivity contribution < 1.29 is 17.9 Å². The lowest BCUT2D eigenvalue weighted by Crippen LogP contribution is -2.43. The smallest absolute Gasteiger partial charge is 0.226 e. The molecular weight excluding hydrogens is 326 g/mol. The van der Waals surface area contributed by atoms with E-state index < -0.39 is 9.84 Å². The van der Waals surface area contributed by atoms with Crippen molar-refractivity contribution in [2.75, 3.05) is 26.0 Å². The molecule has 0 aromatic heterocycles. The molecule has 6 heteroatoms. The second kappa shape index (κ2) is 8.01. The number of nitrogens with zero attached hydrogens (tertiary/aromatic N) is 1. The summed E-state index contributed by atoms with van der Waals surface area (Å²) in [5, 5.41) is -0.301. The normalized spacial score (nSPS) is 16.4. The first-order valence-corrected chi connectivity index (χ1v) is 10.2. The van der Waals surface area contributed by atoms with E-state index in [0.717, 1.165) is 11.3 Å². The summed E-state index contributed by atoms with van der Waals surface area (Å²) in [4.78, 5) is 14.2. The van der Waals surface area contributed by atoms with Gasteiger partial charge < -0.3 is 9.64 Å². The van der Waals surface area contributed by atoms with Gasteiger partial charge in [-0.15, -0.1) is 0 Å². The molecule has 1 aromatic carbocycles. The molecule has 0 aliphatic carbocycles. The van der Waals surface area contributed by atoms with Gasteiger partial charge in [-0.3, -0.25) is 4.79 Å². The third-order valence-electron chi connectivity index (χ3n) is 4.38. The number of amides is 1. The van der Waals surface area contributed by atoms with Gasteiger partial charge in [0.25, 0.3) is 0 Å². The molecule has 24 heavy (non-hydrogen) atoms. The van der Waals surface area contributed by atoms with Crippen LogP contribution in [0.3, 0.4) is 0 Å². The standard InChI is InChI=1S/C18H27NO4S/c1-14(2)13-24(21,22)17-8-10-19(11-9-17)18(20)12-15-4-6-16(23-3)7-5-15/h4-7,14,17H,8-13H2,1-3H3. The maximum atomic E-state index is 12.4. The van der Waals surface area contributed by atoms with Gasteiger partial charge in [0.1, 0.15) is 5.75 Å². The van der Waals surface area contributed by atoms with Crippen LogP contribution in [-0.2, 0) is 21.1 Å². The summed E-state index contributed by atoms with van der Waals surface area (Å²) in [6.07, 6.45) is 1.43. The Balaban J connectivity index is 1.88. The molecule has 1 aliphatic heterocycles. The van der Waals surface area contributed by atoms with Gasteiger partial charge in [0.2, 0.25) is 5.91 Å². The SMILES string of the molecule is COc1ccc(CC(=O)N2CCC(S(=O)(=O)CC(C)C)CC2)cc1. The molecular formula is C18H27NO4S. The number of carbonyl (C=O) groups is 1. The van der Waals surface area contributed by atoms with Crippen LogP contribution in [0.5, 0.6) is 5.75 Å². The molecule has 1 aromatic rings. The van der Waals surface area contributed by atoms with Crippen LogP contribution >= 0.6 is 0 Å². The van der Waals surface area contributed by atoms with E-state index in [1.807, 2.05) is 38.1 Å². The van der Waals surface area contributed by atoms with E-state index in [1.165, 1.54) is 0 Å². The molecule has 1 amide bonds. The Hall–Kier alpha value is -1.56. The van der Waals surface area contributed by atoms with E-state index in [2.05, 4.69) is 0 Å². The van der Waals surface area contributed by atoms with Gasteiger partial charge in [-0.25, -0.2) is 8.42 Å². The molecule has 134 valence electrons. The van der Waals surface area contributed by atoms with Crippen LogP contribution in [0.15, 0.2) is 24.3 Å². The quantitative estimate of drug-likeness (QED) is 0.787. The lowest BCUT2D eigenvalue weighted by atomic mass is 10.1. The Bertz CT molecular complexity index is 644. The molecule has 0 unspecified atom stereocenters. The molecule has 0 spiro atoms. The summed E-state index contributed by atoms with van der Waals surface area (Å²) in [6, 6.07) is 7.45. The van der Waals surface area contributed by atoms with Crippen molar-refractivity contribution in [1.29, 1.82) is 0 Å². The zero-order valence-corrected chi connectivity index (χ0v) is 15.5. The summed E-state index contributed by atoms with van der Waals surface area (Å²) >= 11 is 0. The fourth-order valence-corrected chi connectivity index (χ4v) is 5.23. The molecule has 0 radical (unpaired) electrons. The monoisotopic (exact) mass is 353 g/mol. The minimum Gasteiger partial charge on any atom is -0.497 e. The van der Waals surface area contributed by atoms with E-state index in [1.54, 1.807) is 12.0 Å². The predicted molar refractivity (Wildman–Crippen MR) is 94.9 cm³/mol. The zero-order valence-electron chi connectivity index (χ0n) is 14.7. The average molecular weight is 353 g/mol. The van der Waals surface area contributed by atoms with E-state index in [0.29, 0.717) is 32.4 Å². The number of carbonyl (C=O) groups excluding carboxylic acids is 1. The molecule has 0 N–H and O–H groups in total. The van der Waals surface area contributed by atoms with Crippen molar-refractivity contribution in [1.82, 2.24) is 4.90 Å². The number of ether oxygens (including phenoxy) is 1. The number of sulfone groups is 1. The first-order chi connectivity index (χ1) is 11.3. The Morgan fingerprint density at radius 1 is 1.21 bits per heavy atom. The lowest BCUT2D eigenvalue weighted by Gasteiger charge is -2.32. The number of hydrogen-bond acceptors (Lipinski definition) is 4. The minimum atomic E-state index is -3.05. The molecule has 0 bridgehead atoms. The first kappa shape index (κ1) is 18.8. The predicted octanol–water partition coefficient (Wildman–Crippen LogP) is 2.30. The van der Waals surface area contributed by atoms with Crippen LogP contribution in [0, 0.1) is 5.92 Å². The van der Waals surface area contributed by atoms with Crippen LogP contribution in [-0.4, -0.2) is 50.4 Å². The maximum Gasteiger partial charge on any atom is 0.226 e. The fourth-order valence-electron chi connectivity index (χ4n) is 3.09. The third-order valence-corrected chi connectivity index (χ3v) is 7.00. The summed E-state index contributed by atoms with van der Waals surface area (Å²) in [6.45, 7) is 4.89. The molecule has 5 nitrogen and oxygen atoms in total. The Morgan fingerprint density at radius 2 is 1.79 bits per heavy atom. The fraction of sp³-hybridized carbons (Fsp3) is 0.611. The number of rotatable bonds is 6. The molecule has 0 saturated carbocycles. The van der Waals surface area contributed by atoms with Gasteiger partial charge in [-0.1, -0.05) is 26.0 Å². The number of likely N-dealkylation sites (tertiary alicyclic amines) is 1. The van der Waals surface area contributed by atoms with Crippen LogP contribution in [0.2, 0.25) is 0 Å². The van der Waals surface area contributed by atoms with Gasteiger partial charge in [0.15, 0.2) is 9.84 Å². The van der Waals surface area contributed by atoms with Crippen molar-refractivity contribution in [3.05, 3.63) is 29.8 Å². The van der Waals surface area contributed by atoms with Crippen molar-refractivity contribution >= 4 is 15.7 Å². The van der Waals surface area contributed by atoms with E-state index in [4.69, 9.17) is 4.74 Å². The van der Waals surface area contributed by atoms with Gasteiger partial charge in [-0.05, 0) is 36.5 Å².